The Morgan fingerprint density at radius 2 is 1.78 bits per heavy atom. The fraction of sp³-hybridized carbons (Fsp3) is 0.0526. The van der Waals surface area contributed by atoms with Crippen LogP contribution in [-0.4, -0.2) is 21.7 Å². The van der Waals surface area contributed by atoms with Crippen LogP contribution in [0.1, 0.15) is 27.6 Å². The summed E-state index contributed by atoms with van der Waals surface area (Å²) in [5, 5.41) is 3.33. The van der Waals surface area contributed by atoms with Crippen LogP contribution in [0.4, 0.5) is 5.69 Å². The molecule has 3 rings (SSSR count). The molecule has 27 heavy (non-hydrogen) atoms. The minimum Gasteiger partial charge on any atom is -0.320 e. The number of benzene rings is 2. The lowest BCUT2D eigenvalue weighted by molar-refractivity contribution is 0.101. The molecule has 1 aromatic heterocycles. The van der Waals surface area contributed by atoms with Gasteiger partial charge in [0, 0.05) is 22.3 Å². The van der Waals surface area contributed by atoms with E-state index in [1.807, 2.05) is 0 Å². The smallest absolute Gasteiger partial charge is 0.264 e. The summed E-state index contributed by atoms with van der Waals surface area (Å²) in [6, 6.07) is 11.2. The molecule has 0 fully saturated rings. The average molecular weight is 402 g/mol. The van der Waals surface area contributed by atoms with Crippen molar-refractivity contribution < 1.29 is 9.59 Å². The van der Waals surface area contributed by atoms with Crippen molar-refractivity contribution in [3.05, 3.63) is 80.2 Å². The van der Waals surface area contributed by atoms with Gasteiger partial charge in [0.25, 0.3) is 11.5 Å². The van der Waals surface area contributed by atoms with Gasteiger partial charge in [0.1, 0.15) is 11.4 Å². The van der Waals surface area contributed by atoms with Gasteiger partial charge in [-0.3, -0.25) is 14.4 Å². The number of hydrogen-bond acceptors (Lipinski definition) is 4. The van der Waals surface area contributed by atoms with Gasteiger partial charge in [-0.25, -0.2) is 4.98 Å². The molecule has 1 amide bonds. The first-order chi connectivity index (χ1) is 12.8. The molecule has 2 N–H and O–H groups in total. The van der Waals surface area contributed by atoms with Gasteiger partial charge in [-0.1, -0.05) is 23.2 Å². The monoisotopic (exact) mass is 401 g/mol. The first kappa shape index (κ1) is 18.8. The van der Waals surface area contributed by atoms with Crippen molar-refractivity contribution in [3.8, 4) is 11.4 Å². The normalized spacial score (nSPS) is 10.5. The largest absolute Gasteiger partial charge is 0.320 e. The number of hydrogen-bond donors (Lipinski definition) is 2. The van der Waals surface area contributed by atoms with E-state index in [1.165, 1.54) is 25.3 Å². The van der Waals surface area contributed by atoms with Crippen LogP contribution in [0.25, 0.3) is 11.4 Å². The van der Waals surface area contributed by atoms with Gasteiger partial charge >= 0.3 is 0 Å². The molecule has 0 radical (unpaired) electrons. The van der Waals surface area contributed by atoms with Crippen molar-refractivity contribution in [3.63, 3.8) is 0 Å². The van der Waals surface area contributed by atoms with Crippen LogP contribution >= 0.6 is 23.2 Å². The van der Waals surface area contributed by atoms with Crippen molar-refractivity contribution in [2.24, 2.45) is 0 Å². The molecule has 3 aromatic rings. The fourth-order valence-electron chi connectivity index (χ4n) is 2.34. The van der Waals surface area contributed by atoms with Gasteiger partial charge in [-0.05, 0) is 49.4 Å². The number of amides is 1. The number of aromatic amines is 1. The van der Waals surface area contributed by atoms with Gasteiger partial charge in [0.15, 0.2) is 5.78 Å². The number of rotatable bonds is 4. The molecule has 1 heterocycles. The Hall–Kier alpha value is -2.96. The van der Waals surface area contributed by atoms with E-state index in [0.29, 0.717) is 22.0 Å². The van der Waals surface area contributed by atoms with Crippen LogP contribution in [0.2, 0.25) is 10.0 Å². The van der Waals surface area contributed by atoms with E-state index in [4.69, 9.17) is 23.2 Å². The number of carbonyl (C=O) groups is 2. The van der Waals surface area contributed by atoms with Crippen LogP contribution in [0.5, 0.6) is 0 Å². The van der Waals surface area contributed by atoms with E-state index in [0.717, 1.165) is 0 Å². The summed E-state index contributed by atoms with van der Waals surface area (Å²) in [5.74, 6) is -0.548. The van der Waals surface area contributed by atoms with Crippen LogP contribution in [0.15, 0.2) is 53.5 Å². The van der Waals surface area contributed by atoms with E-state index in [1.54, 1.807) is 30.3 Å². The molecule has 0 spiro atoms. The molecule has 8 heteroatoms. The number of aromatic nitrogens is 2. The highest BCUT2D eigenvalue weighted by Gasteiger charge is 2.15. The van der Waals surface area contributed by atoms with Crippen molar-refractivity contribution in [1.82, 2.24) is 9.97 Å². The Morgan fingerprint density at radius 1 is 1.07 bits per heavy atom. The second-order valence-corrected chi connectivity index (χ2v) is 6.53. The lowest BCUT2D eigenvalue weighted by Crippen LogP contribution is -2.24. The minimum absolute atomic E-state index is 0.172. The number of nitrogens with zero attached hydrogens (tertiary/aromatic N) is 1. The van der Waals surface area contributed by atoms with Crippen LogP contribution < -0.4 is 10.9 Å². The standard InChI is InChI=1S/C19H13Cl2N3O3/c1-10(25)12-4-7-15(21)16(8-12)23-18(26)14-9-22-17(24-19(14)27)11-2-5-13(20)6-3-11/h2-9H,1H3,(H,23,26)(H,22,24,27). The minimum atomic E-state index is -0.686. The van der Waals surface area contributed by atoms with Crippen LogP contribution in [0, 0.1) is 0 Å². The molecule has 0 aliphatic carbocycles. The number of anilines is 1. The highest BCUT2D eigenvalue weighted by molar-refractivity contribution is 6.34. The Morgan fingerprint density at radius 3 is 2.41 bits per heavy atom. The maximum absolute atomic E-state index is 12.4. The van der Waals surface area contributed by atoms with E-state index in [-0.39, 0.29) is 22.1 Å². The molecule has 0 atom stereocenters. The highest BCUT2D eigenvalue weighted by atomic mass is 35.5. The second-order valence-electron chi connectivity index (χ2n) is 5.69. The molecule has 2 aromatic carbocycles. The van der Waals surface area contributed by atoms with Gasteiger partial charge < -0.3 is 10.3 Å². The Balaban J connectivity index is 1.88. The van der Waals surface area contributed by atoms with E-state index in [2.05, 4.69) is 15.3 Å². The van der Waals surface area contributed by atoms with Crippen molar-refractivity contribution in [1.29, 1.82) is 0 Å². The highest BCUT2D eigenvalue weighted by Crippen LogP contribution is 2.24. The summed E-state index contributed by atoms with van der Waals surface area (Å²) in [7, 11) is 0. The molecule has 0 unspecified atom stereocenters. The summed E-state index contributed by atoms with van der Waals surface area (Å²) < 4.78 is 0. The van der Waals surface area contributed by atoms with Crippen molar-refractivity contribution in [2.75, 3.05) is 5.32 Å². The molecule has 0 aliphatic heterocycles. The number of carbonyl (C=O) groups excluding carboxylic acids is 2. The summed E-state index contributed by atoms with van der Waals surface area (Å²) in [6.07, 6.45) is 1.18. The molecular weight excluding hydrogens is 389 g/mol. The summed E-state index contributed by atoms with van der Waals surface area (Å²) >= 11 is 11.9. The second kappa shape index (κ2) is 7.73. The predicted molar refractivity (Wildman–Crippen MR) is 105 cm³/mol. The average Bonchev–Trinajstić information content (AvgIpc) is 2.63. The third-order valence-corrected chi connectivity index (χ3v) is 4.36. The molecule has 0 bridgehead atoms. The van der Waals surface area contributed by atoms with Gasteiger partial charge in [-0.2, -0.15) is 0 Å². The first-order valence-electron chi connectivity index (χ1n) is 7.82. The summed E-state index contributed by atoms with van der Waals surface area (Å²) in [6.45, 7) is 1.40. The molecular formula is C19H13Cl2N3O3. The van der Waals surface area contributed by atoms with Gasteiger partial charge in [0.2, 0.25) is 0 Å². The number of H-pyrrole nitrogens is 1. The number of halogens is 2. The zero-order valence-corrected chi connectivity index (χ0v) is 15.6. The van der Waals surface area contributed by atoms with Gasteiger partial charge in [-0.15, -0.1) is 0 Å². The third kappa shape index (κ3) is 4.24. The van der Waals surface area contributed by atoms with Crippen LogP contribution in [0.3, 0.4) is 0 Å². The number of nitrogens with one attached hydrogen (secondary N) is 2. The molecule has 0 saturated carbocycles. The SMILES string of the molecule is CC(=O)c1ccc(Cl)c(NC(=O)c2cnc(-c3ccc(Cl)cc3)[nH]c2=O)c1. The van der Waals surface area contributed by atoms with Crippen molar-refractivity contribution >= 4 is 40.6 Å². The predicted octanol–water partition coefficient (Wildman–Crippen LogP) is 4.20. The Kier molecular flexibility index (Phi) is 5.39. The molecule has 0 aliphatic rings. The quantitative estimate of drug-likeness (QED) is 0.640. The lowest BCUT2D eigenvalue weighted by atomic mass is 10.1. The molecule has 0 saturated heterocycles. The maximum Gasteiger partial charge on any atom is 0.264 e. The summed E-state index contributed by atoms with van der Waals surface area (Å²) in [5.41, 5.74) is 0.485. The maximum atomic E-state index is 12.4. The lowest BCUT2D eigenvalue weighted by Gasteiger charge is -2.08. The van der Waals surface area contributed by atoms with Crippen molar-refractivity contribution in [2.45, 2.75) is 6.92 Å². The zero-order valence-electron chi connectivity index (χ0n) is 14.0. The number of ketones is 1. The van der Waals surface area contributed by atoms with Gasteiger partial charge in [0.05, 0.1) is 10.7 Å². The van der Waals surface area contributed by atoms with E-state index < -0.39 is 11.5 Å². The van der Waals surface area contributed by atoms with Crippen LogP contribution in [-0.2, 0) is 0 Å². The van der Waals surface area contributed by atoms with E-state index in [9.17, 15) is 14.4 Å². The zero-order chi connectivity index (χ0) is 19.6. The topological polar surface area (TPSA) is 91.9 Å². The first-order valence-corrected chi connectivity index (χ1v) is 8.58. The third-order valence-electron chi connectivity index (χ3n) is 3.78. The molecule has 136 valence electrons. The molecule has 6 nitrogen and oxygen atoms in total. The number of Topliss-reactive ketones (excluding diaryl/α,β-unsaturated/α-hetero) is 1. The summed E-state index contributed by atoms with van der Waals surface area (Å²) in [4.78, 5) is 42.9. The van der Waals surface area contributed by atoms with E-state index >= 15 is 0 Å². The fourth-order valence-corrected chi connectivity index (χ4v) is 2.63. The Labute approximate surface area is 164 Å². The Bertz CT molecular complexity index is 1090.